The molecule has 0 bridgehead atoms. The lowest BCUT2D eigenvalue weighted by molar-refractivity contribution is -0.356. The molecule has 1 aromatic rings. The van der Waals surface area contributed by atoms with Crippen molar-refractivity contribution in [2.75, 3.05) is 13.2 Å². The minimum atomic E-state index is -0.711. The van der Waals surface area contributed by atoms with Gasteiger partial charge in [-0.15, -0.1) is 0 Å². The third-order valence-corrected chi connectivity index (χ3v) is 1.75. The molecule has 0 amide bonds. The Morgan fingerprint density at radius 3 is 2.35 bits per heavy atom. The summed E-state index contributed by atoms with van der Waals surface area (Å²) < 4.78 is 5.36. The number of rotatable bonds is 6. The summed E-state index contributed by atoms with van der Waals surface area (Å²) in [6.45, 7) is 5.89. The summed E-state index contributed by atoms with van der Waals surface area (Å²) >= 11 is 0. The smallest absolute Gasteiger partial charge is 0.119 e. The van der Waals surface area contributed by atoms with Gasteiger partial charge >= 0.3 is 0 Å². The number of ether oxygens (including phenoxy) is 1. The SMILES string of the molecule is CC(C)(C)OOCC(O)COc1ccccc1. The van der Waals surface area contributed by atoms with Crippen LogP contribution in [0, 0.1) is 0 Å². The average molecular weight is 240 g/mol. The van der Waals surface area contributed by atoms with Crippen LogP contribution in [-0.4, -0.2) is 30.0 Å². The van der Waals surface area contributed by atoms with E-state index in [2.05, 4.69) is 0 Å². The minimum Gasteiger partial charge on any atom is -0.491 e. The molecule has 0 aromatic heterocycles. The number of benzene rings is 1. The molecule has 4 heteroatoms. The van der Waals surface area contributed by atoms with Crippen LogP contribution in [0.15, 0.2) is 30.3 Å². The standard InChI is InChI=1S/C13H20O4/c1-13(2,3)17-16-10-11(14)9-15-12-7-5-4-6-8-12/h4-8,11,14H,9-10H2,1-3H3. The van der Waals surface area contributed by atoms with E-state index in [1.807, 2.05) is 51.1 Å². The van der Waals surface area contributed by atoms with Gasteiger partial charge < -0.3 is 9.84 Å². The molecular formula is C13H20O4. The highest BCUT2D eigenvalue weighted by molar-refractivity contribution is 5.20. The first-order chi connectivity index (χ1) is 7.97. The van der Waals surface area contributed by atoms with E-state index >= 15 is 0 Å². The maximum absolute atomic E-state index is 9.58. The van der Waals surface area contributed by atoms with Gasteiger partial charge in [-0.3, -0.25) is 0 Å². The summed E-state index contributed by atoms with van der Waals surface area (Å²) in [4.78, 5) is 9.95. The van der Waals surface area contributed by atoms with Crippen LogP contribution in [0.2, 0.25) is 0 Å². The lowest BCUT2D eigenvalue weighted by Crippen LogP contribution is -2.27. The summed E-state index contributed by atoms with van der Waals surface area (Å²) in [5.41, 5.74) is -0.375. The summed E-state index contributed by atoms with van der Waals surface area (Å²) in [5, 5.41) is 9.58. The van der Waals surface area contributed by atoms with E-state index in [4.69, 9.17) is 14.5 Å². The first-order valence-electron chi connectivity index (χ1n) is 5.64. The quantitative estimate of drug-likeness (QED) is 0.611. The Balaban J connectivity index is 2.15. The monoisotopic (exact) mass is 240 g/mol. The van der Waals surface area contributed by atoms with Crippen molar-refractivity contribution >= 4 is 0 Å². The Kier molecular flexibility index (Phi) is 5.41. The fourth-order valence-electron chi connectivity index (χ4n) is 1.05. The fraction of sp³-hybridized carbons (Fsp3) is 0.538. The van der Waals surface area contributed by atoms with Gasteiger partial charge in [0.05, 0.1) is 5.60 Å². The summed E-state index contributed by atoms with van der Waals surface area (Å²) in [6, 6.07) is 9.32. The molecule has 1 unspecified atom stereocenters. The van der Waals surface area contributed by atoms with Gasteiger partial charge in [0.1, 0.15) is 25.1 Å². The van der Waals surface area contributed by atoms with E-state index in [-0.39, 0.29) is 18.8 Å². The molecule has 17 heavy (non-hydrogen) atoms. The van der Waals surface area contributed by atoms with Crippen molar-refractivity contribution in [3.8, 4) is 5.75 Å². The van der Waals surface area contributed by atoms with Gasteiger partial charge in [0.25, 0.3) is 0 Å². The zero-order valence-corrected chi connectivity index (χ0v) is 10.6. The Morgan fingerprint density at radius 1 is 1.12 bits per heavy atom. The van der Waals surface area contributed by atoms with Gasteiger partial charge in [0.2, 0.25) is 0 Å². The molecule has 0 spiro atoms. The molecule has 0 heterocycles. The van der Waals surface area contributed by atoms with Crippen molar-refractivity contribution in [3.63, 3.8) is 0 Å². The van der Waals surface area contributed by atoms with Gasteiger partial charge in [0.15, 0.2) is 0 Å². The molecule has 0 saturated heterocycles. The first-order valence-corrected chi connectivity index (χ1v) is 5.64. The Morgan fingerprint density at radius 2 is 1.76 bits per heavy atom. The normalized spacial score (nSPS) is 13.4. The van der Waals surface area contributed by atoms with Crippen molar-refractivity contribution in [2.24, 2.45) is 0 Å². The molecule has 0 aliphatic rings. The topological polar surface area (TPSA) is 47.9 Å². The molecule has 1 rings (SSSR count). The lowest BCUT2D eigenvalue weighted by Gasteiger charge is -2.19. The highest BCUT2D eigenvalue weighted by Crippen LogP contribution is 2.09. The Bertz CT molecular complexity index is 305. The second kappa shape index (κ2) is 6.59. The van der Waals surface area contributed by atoms with Crippen molar-refractivity contribution in [1.29, 1.82) is 0 Å². The molecular weight excluding hydrogens is 220 g/mol. The highest BCUT2D eigenvalue weighted by atomic mass is 17.2. The lowest BCUT2D eigenvalue weighted by atomic mass is 10.2. The second-order valence-corrected chi connectivity index (χ2v) is 4.76. The number of aliphatic hydroxyl groups excluding tert-OH is 1. The number of hydrogen-bond donors (Lipinski definition) is 1. The number of aliphatic hydroxyl groups is 1. The number of hydrogen-bond acceptors (Lipinski definition) is 4. The molecule has 0 radical (unpaired) electrons. The van der Waals surface area contributed by atoms with Gasteiger partial charge in [-0.1, -0.05) is 18.2 Å². The maximum atomic E-state index is 9.58. The fourth-order valence-corrected chi connectivity index (χ4v) is 1.05. The largest absolute Gasteiger partial charge is 0.491 e. The maximum Gasteiger partial charge on any atom is 0.119 e. The summed E-state index contributed by atoms with van der Waals surface area (Å²) in [6.07, 6.45) is -0.711. The van der Waals surface area contributed by atoms with Gasteiger partial charge in [-0.05, 0) is 32.9 Å². The molecule has 0 saturated carbocycles. The molecule has 1 aromatic carbocycles. The van der Waals surface area contributed by atoms with E-state index in [0.717, 1.165) is 5.75 Å². The van der Waals surface area contributed by atoms with Gasteiger partial charge in [0, 0.05) is 0 Å². The Hall–Kier alpha value is -1.10. The van der Waals surface area contributed by atoms with Crippen molar-refractivity contribution in [1.82, 2.24) is 0 Å². The number of para-hydroxylation sites is 1. The van der Waals surface area contributed by atoms with E-state index < -0.39 is 6.10 Å². The van der Waals surface area contributed by atoms with Gasteiger partial charge in [-0.25, -0.2) is 9.78 Å². The van der Waals surface area contributed by atoms with Crippen LogP contribution in [0.3, 0.4) is 0 Å². The summed E-state index contributed by atoms with van der Waals surface area (Å²) in [7, 11) is 0. The van der Waals surface area contributed by atoms with Crippen LogP contribution >= 0.6 is 0 Å². The predicted molar refractivity (Wildman–Crippen MR) is 64.7 cm³/mol. The van der Waals surface area contributed by atoms with E-state index in [9.17, 15) is 5.11 Å². The zero-order valence-electron chi connectivity index (χ0n) is 10.6. The van der Waals surface area contributed by atoms with Crippen molar-refractivity contribution in [3.05, 3.63) is 30.3 Å². The summed E-state index contributed by atoms with van der Waals surface area (Å²) in [5.74, 6) is 0.725. The van der Waals surface area contributed by atoms with Crippen LogP contribution in [-0.2, 0) is 9.78 Å². The average Bonchev–Trinajstić information content (AvgIpc) is 2.26. The third kappa shape index (κ3) is 6.94. The molecule has 0 aliphatic heterocycles. The van der Waals surface area contributed by atoms with Crippen LogP contribution in [0.25, 0.3) is 0 Å². The Labute approximate surface area is 102 Å². The van der Waals surface area contributed by atoms with Crippen molar-refractivity contribution < 1.29 is 19.6 Å². The molecule has 1 N–H and O–H groups in total. The van der Waals surface area contributed by atoms with E-state index in [1.54, 1.807) is 0 Å². The van der Waals surface area contributed by atoms with Crippen molar-refractivity contribution in [2.45, 2.75) is 32.5 Å². The molecule has 1 atom stereocenters. The first kappa shape index (κ1) is 14.0. The molecule has 0 aliphatic carbocycles. The molecule has 96 valence electrons. The second-order valence-electron chi connectivity index (χ2n) is 4.76. The van der Waals surface area contributed by atoms with Crippen LogP contribution in [0.5, 0.6) is 5.75 Å². The van der Waals surface area contributed by atoms with Gasteiger partial charge in [-0.2, -0.15) is 0 Å². The zero-order chi connectivity index (χ0) is 12.7. The third-order valence-electron chi connectivity index (χ3n) is 1.75. The van der Waals surface area contributed by atoms with Crippen LogP contribution < -0.4 is 4.74 Å². The minimum absolute atomic E-state index is 0.0874. The van der Waals surface area contributed by atoms with Crippen LogP contribution in [0.4, 0.5) is 0 Å². The highest BCUT2D eigenvalue weighted by Gasteiger charge is 2.13. The molecule has 0 fully saturated rings. The molecule has 4 nitrogen and oxygen atoms in total. The van der Waals surface area contributed by atoms with Crippen LogP contribution in [0.1, 0.15) is 20.8 Å². The predicted octanol–water partition coefficient (Wildman–Crippen LogP) is 2.17. The van der Waals surface area contributed by atoms with E-state index in [1.165, 1.54) is 0 Å². The van der Waals surface area contributed by atoms with E-state index in [0.29, 0.717) is 0 Å².